The van der Waals surface area contributed by atoms with Crippen molar-refractivity contribution in [1.82, 2.24) is 10.2 Å². The van der Waals surface area contributed by atoms with E-state index in [0.29, 0.717) is 5.41 Å². The Kier molecular flexibility index (Phi) is 3.85. The maximum atomic E-state index is 5.57. The van der Waals surface area contributed by atoms with Gasteiger partial charge in [0.15, 0.2) is 5.96 Å². The molecule has 0 aromatic heterocycles. The minimum atomic E-state index is 0.282. The summed E-state index contributed by atoms with van der Waals surface area (Å²) < 4.78 is 5.57. The Morgan fingerprint density at radius 3 is 2.72 bits per heavy atom. The molecule has 1 spiro atoms. The van der Waals surface area contributed by atoms with E-state index in [9.17, 15) is 0 Å². The first-order valence-corrected chi connectivity index (χ1v) is 6.98. The van der Waals surface area contributed by atoms with Crippen LogP contribution in [0, 0.1) is 10.8 Å². The number of nitrogens with one attached hydrogen (secondary N) is 1. The maximum Gasteiger partial charge on any atom is 0.193 e. The molecular weight excluding hydrogens is 226 g/mol. The molecule has 2 heterocycles. The minimum absolute atomic E-state index is 0.282. The molecule has 1 unspecified atom stereocenters. The van der Waals surface area contributed by atoms with Crippen molar-refractivity contribution in [3.05, 3.63) is 0 Å². The molecule has 0 aromatic carbocycles. The molecule has 2 saturated heterocycles. The Balaban J connectivity index is 1.90. The van der Waals surface area contributed by atoms with Crippen LogP contribution in [0.1, 0.15) is 33.6 Å². The topological polar surface area (TPSA) is 36.9 Å². The predicted octanol–water partition coefficient (Wildman–Crippen LogP) is 1.72. The highest BCUT2D eigenvalue weighted by molar-refractivity contribution is 5.80. The normalized spacial score (nSPS) is 29.3. The molecule has 1 atom stereocenters. The van der Waals surface area contributed by atoms with Gasteiger partial charge in [0.1, 0.15) is 0 Å². The molecule has 0 saturated carbocycles. The van der Waals surface area contributed by atoms with Crippen LogP contribution in [0.25, 0.3) is 0 Å². The van der Waals surface area contributed by atoms with E-state index in [4.69, 9.17) is 4.74 Å². The van der Waals surface area contributed by atoms with E-state index >= 15 is 0 Å². The summed E-state index contributed by atoms with van der Waals surface area (Å²) in [6.45, 7) is 11.7. The summed E-state index contributed by atoms with van der Waals surface area (Å²) in [5, 5.41) is 3.49. The van der Waals surface area contributed by atoms with Crippen molar-refractivity contribution in [3.63, 3.8) is 0 Å². The molecule has 0 radical (unpaired) electrons. The quantitative estimate of drug-likeness (QED) is 0.571. The molecular formula is C14H27N3O. The second kappa shape index (κ2) is 5.08. The Morgan fingerprint density at radius 1 is 1.39 bits per heavy atom. The first-order valence-electron chi connectivity index (χ1n) is 6.98. The molecule has 0 aromatic rings. The van der Waals surface area contributed by atoms with Gasteiger partial charge in [-0.25, -0.2) is 0 Å². The summed E-state index contributed by atoms with van der Waals surface area (Å²) in [6.07, 6.45) is 2.45. The number of guanidine groups is 1. The molecule has 4 heteroatoms. The van der Waals surface area contributed by atoms with E-state index in [0.717, 1.165) is 38.8 Å². The van der Waals surface area contributed by atoms with Gasteiger partial charge in [-0.2, -0.15) is 0 Å². The fraction of sp³-hybridized carbons (Fsp3) is 0.929. The van der Waals surface area contributed by atoms with Crippen molar-refractivity contribution in [2.45, 2.75) is 33.6 Å². The van der Waals surface area contributed by atoms with E-state index < -0.39 is 0 Å². The molecule has 1 N–H and O–H groups in total. The van der Waals surface area contributed by atoms with E-state index in [1.165, 1.54) is 12.8 Å². The molecule has 2 fully saturated rings. The highest BCUT2D eigenvalue weighted by Gasteiger charge is 2.42. The van der Waals surface area contributed by atoms with Crippen molar-refractivity contribution in [2.75, 3.05) is 39.9 Å². The first-order chi connectivity index (χ1) is 8.44. The van der Waals surface area contributed by atoms with Gasteiger partial charge in [0.2, 0.25) is 0 Å². The molecule has 4 nitrogen and oxygen atoms in total. The van der Waals surface area contributed by atoms with Crippen LogP contribution >= 0.6 is 0 Å². The number of nitrogens with zero attached hydrogens (tertiary/aromatic N) is 2. The van der Waals surface area contributed by atoms with Crippen LogP contribution in [-0.4, -0.2) is 50.8 Å². The number of hydrogen-bond acceptors (Lipinski definition) is 2. The highest BCUT2D eigenvalue weighted by atomic mass is 16.5. The van der Waals surface area contributed by atoms with Crippen LogP contribution in [0.2, 0.25) is 0 Å². The zero-order chi connectivity index (χ0) is 13.2. The maximum absolute atomic E-state index is 5.57. The molecule has 2 aliphatic rings. The van der Waals surface area contributed by atoms with E-state index in [2.05, 4.69) is 36.0 Å². The minimum Gasteiger partial charge on any atom is -0.381 e. The molecule has 0 bridgehead atoms. The fourth-order valence-corrected chi connectivity index (χ4v) is 2.76. The van der Waals surface area contributed by atoms with Crippen molar-refractivity contribution in [2.24, 2.45) is 15.8 Å². The van der Waals surface area contributed by atoms with Gasteiger partial charge in [-0.05, 0) is 18.3 Å². The average molecular weight is 253 g/mol. The Morgan fingerprint density at radius 2 is 2.17 bits per heavy atom. The number of likely N-dealkylation sites (tertiary alicyclic amines) is 1. The molecule has 0 aliphatic carbocycles. The Bertz CT molecular complexity index is 313. The lowest BCUT2D eigenvalue weighted by atomic mass is 9.87. The van der Waals surface area contributed by atoms with Crippen LogP contribution in [0.3, 0.4) is 0 Å². The Hall–Kier alpha value is -0.770. The third kappa shape index (κ3) is 3.16. The van der Waals surface area contributed by atoms with Gasteiger partial charge in [-0.1, -0.05) is 20.8 Å². The van der Waals surface area contributed by atoms with E-state index in [1.54, 1.807) is 0 Å². The molecule has 104 valence electrons. The second-order valence-electron chi connectivity index (χ2n) is 6.94. The number of ether oxygens (including phenoxy) is 1. The second-order valence-corrected chi connectivity index (χ2v) is 6.94. The fourth-order valence-electron chi connectivity index (χ4n) is 2.76. The van der Waals surface area contributed by atoms with Gasteiger partial charge in [0, 0.05) is 38.7 Å². The lowest BCUT2D eigenvalue weighted by Gasteiger charge is -2.27. The van der Waals surface area contributed by atoms with E-state index in [-0.39, 0.29) is 5.41 Å². The van der Waals surface area contributed by atoms with Crippen molar-refractivity contribution < 1.29 is 4.74 Å². The first kappa shape index (κ1) is 13.7. The van der Waals surface area contributed by atoms with Crippen LogP contribution in [0.15, 0.2) is 4.99 Å². The number of rotatable bonds is 1. The lowest BCUT2D eigenvalue weighted by Crippen LogP contribution is -2.44. The van der Waals surface area contributed by atoms with Crippen LogP contribution in [-0.2, 0) is 4.74 Å². The molecule has 2 rings (SSSR count). The standard InChI is InChI=1S/C14H27N3O/c1-13(2,3)9-16-12(15-4)17-7-5-14(10-17)6-8-18-11-14/h5-11H2,1-4H3,(H,15,16). The predicted molar refractivity (Wildman–Crippen MR) is 74.9 cm³/mol. The molecule has 0 amide bonds. The smallest absolute Gasteiger partial charge is 0.193 e. The number of hydrogen-bond donors (Lipinski definition) is 1. The summed E-state index contributed by atoms with van der Waals surface area (Å²) in [7, 11) is 1.88. The lowest BCUT2D eigenvalue weighted by molar-refractivity contribution is 0.156. The van der Waals surface area contributed by atoms with Gasteiger partial charge in [0.05, 0.1) is 6.61 Å². The van der Waals surface area contributed by atoms with Crippen LogP contribution in [0.4, 0.5) is 0 Å². The summed E-state index contributed by atoms with van der Waals surface area (Å²) in [5.74, 6) is 1.05. The van der Waals surface area contributed by atoms with Gasteiger partial charge in [-0.3, -0.25) is 4.99 Å². The zero-order valence-corrected chi connectivity index (χ0v) is 12.3. The molecule has 2 aliphatic heterocycles. The van der Waals surface area contributed by atoms with Crippen molar-refractivity contribution in [3.8, 4) is 0 Å². The SMILES string of the molecule is CN=C(NCC(C)(C)C)N1CCC2(CCOC2)C1. The van der Waals surface area contributed by atoms with Gasteiger partial charge in [0.25, 0.3) is 0 Å². The van der Waals surface area contributed by atoms with Gasteiger partial charge < -0.3 is 15.0 Å². The summed E-state index contributed by atoms with van der Waals surface area (Å²) >= 11 is 0. The number of aliphatic imine (C=N–C) groups is 1. The largest absolute Gasteiger partial charge is 0.381 e. The van der Waals surface area contributed by atoms with Gasteiger partial charge >= 0.3 is 0 Å². The summed E-state index contributed by atoms with van der Waals surface area (Å²) in [5.41, 5.74) is 0.684. The summed E-state index contributed by atoms with van der Waals surface area (Å²) in [6, 6.07) is 0. The Labute approximate surface area is 111 Å². The third-order valence-electron chi connectivity index (χ3n) is 3.91. The van der Waals surface area contributed by atoms with Gasteiger partial charge in [-0.15, -0.1) is 0 Å². The third-order valence-corrected chi connectivity index (χ3v) is 3.91. The monoisotopic (exact) mass is 253 g/mol. The zero-order valence-electron chi connectivity index (χ0n) is 12.3. The van der Waals surface area contributed by atoms with Crippen LogP contribution in [0.5, 0.6) is 0 Å². The average Bonchev–Trinajstić information content (AvgIpc) is 2.90. The van der Waals surface area contributed by atoms with Crippen molar-refractivity contribution >= 4 is 5.96 Å². The molecule has 18 heavy (non-hydrogen) atoms. The highest BCUT2D eigenvalue weighted by Crippen LogP contribution is 2.38. The van der Waals surface area contributed by atoms with Crippen molar-refractivity contribution in [1.29, 1.82) is 0 Å². The van der Waals surface area contributed by atoms with E-state index in [1.807, 2.05) is 7.05 Å². The summed E-state index contributed by atoms with van der Waals surface area (Å²) in [4.78, 5) is 6.81. The van der Waals surface area contributed by atoms with Crippen LogP contribution < -0.4 is 5.32 Å².